The van der Waals surface area contributed by atoms with Gasteiger partial charge < -0.3 is 14.3 Å². The Morgan fingerprint density at radius 3 is 2.86 bits per heavy atom. The van der Waals surface area contributed by atoms with Crippen LogP contribution in [0.3, 0.4) is 0 Å². The summed E-state index contributed by atoms with van der Waals surface area (Å²) < 4.78 is 25.1. The monoisotopic (exact) mass is 286 g/mol. The third kappa shape index (κ3) is 2.89. The van der Waals surface area contributed by atoms with Crippen LogP contribution in [0.2, 0.25) is 0 Å². The second-order valence-electron chi connectivity index (χ2n) is 4.97. The maximum Gasteiger partial charge on any atom is 0.165 e. The summed E-state index contributed by atoms with van der Waals surface area (Å²) in [5.74, 6) is -0.0968. The molecule has 21 heavy (non-hydrogen) atoms. The van der Waals surface area contributed by atoms with Gasteiger partial charge in [0.1, 0.15) is 18.6 Å². The van der Waals surface area contributed by atoms with E-state index in [1.165, 1.54) is 12.1 Å². The molecule has 1 aliphatic rings. The molecule has 0 saturated heterocycles. The summed E-state index contributed by atoms with van der Waals surface area (Å²) in [5, 5.41) is 0. The van der Waals surface area contributed by atoms with Gasteiger partial charge in [-0.2, -0.15) is 0 Å². The van der Waals surface area contributed by atoms with Gasteiger partial charge in [-0.25, -0.2) is 4.39 Å². The van der Waals surface area contributed by atoms with Crippen LogP contribution in [-0.2, 0) is 11.4 Å². The Kier molecular flexibility index (Phi) is 3.86. The highest BCUT2D eigenvalue weighted by molar-refractivity contribution is 5.65. The van der Waals surface area contributed by atoms with E-state index >= 15 is 0 Å². The van der Waals surface area contributed by atoms with E-state index in [2.05, 4.69) is 0 Å². The van der Waals surface area contributed by atoms with Crippen LogP contribution in [0.25, 0.3) is 0 Å². The molecule has 3 rings (SSSR count). The lowest BCUT2D eigenvalue weighted by Crippen LogP contribution is -2.15. The van der Waals surface area contributed by atoms with Crippen LogP contribution < -0.4 is 9.47 Å². The maximum absolute atomic E-state index is 14.1. The SMILES string of the molecule is O=CC1CCOc2cc(OCc3ccccc3)c(F)cc21. The Balaban J connectivity index is 1.82. The van der Waals surface area contributed by atoms with Crippen LogP contribution in [0.4, 0.5) is 4.39 Å². The minimum Gasteiger partial charge on any atom is -0.493 e. The topological polar surface area (TPSA) is 35.5 Å². The van der Waals surface area contributed by atoms with Crippen molar-refractivity contribution in [2.45, 2.75) is 18.9 Å². The predicted octanol–water partition coefficient (Wildman–Crippen LogP) is 3.47. The van der Waals surface area contributed by atoms with Gasteiger partial charge in [0, 0.05) is 17.5 Å². The fraction of sp³-hybridized carbons (Fsp3) is 0.235. The molecule has 108 valence electrons. The van der Waals surface area contributed by atoms with Crippen LogP contribution in [0.1, 0.15) is 23.5 Å². The van der Waals surface area contributed by atoms with Gasteiger partial charge in [-0.1, -0.05) is 30.3 Å². The van der Waals surface area contributed by atoms with Gasteiger partial charge in [-0.15, -0.1) is 0 Å². The number of fused-ring (bicyclic) bond motifs is 1. The van der Waals surface area contributed by atoms with Gasteiger partial charge in [-0.05, 0) is 18.1 Å². The Hall–Kier alpha value is -2.36. The highest BCUT2D eigenvalue weighted by Gasteiger charge is 2.23. The van der Waals surface area contributed by atoms with Crippen molar-refractivity contribution in [3.63, 3.8) is 0 Å². The van der Waals surface area contributed by atoms with E-state index in [0.29, 0.717) is 24.3 Å². The molecule has 1 aliphatic heterocycles. The average Bonchev–Trinajstić information content (AvgIpc) is 2.53. The van der Waals surface area contributed by atoms with Crippen LogP contribution in [0.5, 0.6) is 11.5 Å². The zero-order valence-electron chi connectivity index (χ0n) is 11.4. The molecule has 1 heterocycles. The third-order valence-electron chi connectivity index (χ3n) is 3.55. The highest BCUT2D eigenvalue weighted by Crippen LogP contribution is 2.37. The number of carbonyl (C=O) groups is 1. The molecule has 3 nitrogen and oxygen atoms in total. The number of hydrogen-bond donors (Lipinski definition) is 0. The molecule has 0 saturated carbocycles. The third-order valence-corrected chi connectivity index (χ3v) is 3.55. The lowest BCUT2D eigenvalue weighted by molar-refractivity contribution is -0.109. The minimum atomic E-state index is -0.470. The van der Waals surface area contributed by atoms with E-state index < -0.39 is 5.82 Å². The maximum atomic E-state index is 14.1. The van der Waals surface area contributed by atoms with E-state index in [4.69, 9.17) is 9.47 Å². The smallest absolute Gasteiger partial charge is 0.165 e. The number of benzene rings is 2. The first kappa shape index (κ1) is 13.6. The fourth-order valence-corrected chi connectivity index (χ4v) is 2.40. The van der Waals surface area contributed by atoms with Gasteiger partial charge in [-0.3, -0.25) is 0 Å². The summed E-state index contributed by atoms with van der Waals surface area (Å²) in [6, 6.07) is 12.4. The number of aldehydes is 1. The molecule has 2 aromatic rings. The molecule has 0 aliphatic carbocycles. The van der Waals surface area contributed by atoms with Gasteiger partial charge >= 0.3 is 0 Å². The molecule has 1 unspecified atom stereocenters. The Morgan fingerprint density at radius 1 is 1.29 bits per heavy atom. The summed E-state index contributed by atoms with van der Waals surface area (Å²) >= 11 is 0. The van der Waals surface area contributed by atoms with Crippen LogP contribution in [0.15, 0.2) is 42.5 Å². The normalized spacial score (nSPS) is 16.7. The fourth-order valence-electron chi connectivity index (χ4n) is 2.40. The molecular weight excluding hydrogens is 271 g/mol. The highest BCUT2D eigenvalue weighted by atomic mass is 19.1. The molecule has 0 spiro atoms. The van der Waals surface area contributed by atoms with Crippen LogP contribution >= 0.6 is 0 Å². The zero-order valence-corrected chi connectivity index (χ0v) is 11.4. The van der Waals surface area contributed by atoms with E-state index in [9.17, 15) is 9.18 Å². The molecule has 4 heteroatoms. The van der Waals surface area contributed by atoms with E-state index in [-0.39, 0.29) is 18.3 Å². The van der Waals surface area contributed by atoms with Crippen LogP contribution in [0, 0.1) is 5.82 Å². The molecule has 1 atom stereocenters. The standard InChI is InChI=1S/C17H15FO3/c18-15-8-14-13(10-19)6-7-20-16(14)9-17(15)21-11-12-4-2-1-3-5-12/h1-5,8-10,13H,6-7,11H2. The van der Waals surface area contributed by atoms with E-state index in [1.54, 1.807) is 0 Å². The first-order chi connectivity index (χ1) is 10.3. The largest absolute Gasteiger partial charge is 0.493 e. The molecule has 0 amide bonds. The minimum absolute atomic E-state index is 0.143. The lowest BCUT2D eigenvalue weighted by atomic mass is 9.94. The predicted molar refractivity (Wildman–Crippen MR) is 76.1 cm³/mol. The number of ether oxygens (including phenoxy) is 2. The van der Waals surface area contributed by atoms with Crippen molar-refractivity contribution in [2.24, 2.45) is 0 Å². The van der Waals surface area contributed by atoms with Crippen molar-refractivity contribution in [1.29, 1.82) is 0 Å². The quantitative estimate of drug-likeness (QED) is 0.807. The lowest BCUT2D eigenvalue weighted by Gasteiger charge is -2.23. The molecule has 0 N–H and O–H groups in total. The van der Waals surface area contributed by atoms with Crippen molar-refractivity contribution >= 4 is 6.29 Å². The van der Waals surface area contributed by atoms with Crippen molar-refractivity contribution in [3.8, 4) is 11.5 Å². The zero-order chi connectivity index (χ0) is 14.7. The van der Waals surface area contributed by atoms with Crippen molar-refractivity contribution in [3.05, 3.63) is 59.4 Å². The summed E-state index contributed by atoms with van der Waals surface area (Å²) in [6.07, 6.45) is 1.42. The summed E-state index contributed by atoms with van der Waals surface area (Å²) in [5.41, 5.74) is 1.56. The van der Waals surface area contributed by atoms with Crippen molar-refractivity contribution in [2.75, 3.05) is 6.61 Å². The Labute approximate surface area is 122 Å². The average molecular weight is 286 g/mol. The number of hydrogen-bond acceptors (Lipinski definition) is 3. The van der Waals surface area contributed by atoms with E-state index in [0.717, 1.165) is 11.8 Å². The van der Waals surface area contributed by atoms with Gasteiger partial charge in [0.2, 0.25) is 0 Å². The first-order valence-electron chi connectivity index (χ1n) is 6.86. The first-order valence-corrected chi connectivity index (χ1v) is 6.86. The second kappa shape index (κ2) is 5.95. The number of halogens is 1. The Bertz CT molecular complexity index is 640. The summed E-state index contributed by atoms with van der Waals surface area (Å²) in [6.45, 7) is 0.744. The van der Waals surface area contributed by atoms with Crippen molar-refractivity contribution < 1.29 is 18.7 Å². The van der Waals surface area contributed by atoms with E-state index in [1.807, 2.05) is 30.3 Å². The van der Waals surface area contributed by atoms with Crippen molar-refractivity contribution in [1.82, 2.24) is 0 Å². The van der Waals surface area contributed by atoms with Crippen LogP contribution in [-0.4, -0.2) is 12.9 Å². The molecule has 0 aromatic heterocycles. The molecule has 0 bridgehead atoms. The van der Waals surface area contributed by atoms with Gasteiger partial charge in [0.05, 0.1) is 6.61 Å². The van der Waals surface area contributed by atoms with Gasteiger partial charge in [0.15, 0.2) is 11.6 Å². The number of carbonyl (C=O) groups excluding carboxylic acids is 1. The second-order valence-corrected chi connectivity index (χ2v) is 4.97. The van der Waals surface area contributed by atoms with Gasteiger partial charge in [0.25, 0.3) is 0 Å². The Morgan fingerprint density at radius 2 is 2.10 bits per heavy atom. The molecule has 0 fully saturated rings. The molecule has 0 radical (unpaired) electrons. The molecular formula is C17H15FO3. The summed E-state index contributed by atoms with van der Waals surface area (Å²) in [7, 11) is 0. The number of rotatable bonds is 4. The molecule has 2 aromatic carbocycles. The summed E-state index contributed by atoms with van der Waals surface area (Å²) in [4.78, 5) is 11.0.